The first kappa shape index (κ1) is 15.6. The number of pyridine rings is 1. The summed E-state index contributed by atoms with van der Waals surface area (Å²) in [5, 5.41) is 0. The predicted octanol–water partition coefficient (Wildman–Crippen LogP) is 2.81. The fraction of sp³-hybridized carbons (Fsp3) is 0.579. The highest BCUT2D eigenvalue weighted by Gasteiger charge is 2.29. The summed E-state index contributed by atoms with van der Waals surface area (Å²) >= 11 is 0. The molecule has 5 heteroatoms. The van der Waals surface area contributed by atoms with Crippen molar-refractivity contribution < 1.29 is 4.79 Å². The summed E-state index contributed by atoms with van der Waals surface area (Å²) in [6.07, 6.45) is 11.3. The smallest absolute Gasteiger partial charge is 0.272 e. The van der Waals surface area contributed by atoms with Gasteiger partial charge in [-0.05, 0) is 50.9 Å². The van der Waals surface area contributed by atoms with Gasteiger partial charge in [-0.2, -0.15) is 0 Å². The van der Waals surface area contributed by atoms with Crippen LogP contribution < -0.4 is 0 Å². The zero-order valence-electron chi connectivity index (χ0n) is 14.2. The lowest BCUT2D eigenvalue weighted by Gasteiger charge is -2.39. The van der Waals surface area contributed by atoms with E-state index in [-0.39, 0.29) is 5.91 Å². The predicted molar refractivity (Wildman–Crippen MR) is 94.2 cm³/mol. The van der Waals surface area contributed by atoms with Crippen LogP contribution in [0.25, 0.3) is 5.65 Å². The van der Waals surface area contributed by atoms with Crippen molar-refractivity contribution in [1.29, 1.82) is 0 Å². The third kappa shape index (κ3) is 3.05. The van der Waals surface area contributed by atoms with E-state index in [0.717, 1.165) is 25.2 Å². The zero-order valence-corrected chi connectivity index (χ0v) is 14.2. The number of rotatable bonds is 2. The number of nitrogens with zero attached hydrogens (tertiary/aromatic N) is 4. The minimum absolute atomic E-state index is 0.119. The first-order chi connectivity index (χ1) is 11.8. The van der Waals surface area contributed by atoms with Crippen LogP contribution in [-0.4, -0.2) is 57.3 Å². The molecule has 0 bridgehead atoms. The van der Waals surface area contributed by atoms with Gasteiger partial charge in [-0.1, -0.05) is 18.9 Å². The van der Waals surface area contributed by atoms with Gasteiger partial charge in [0, 0.05) is 25.3 Å². The van der Waals surface area contributed by atoms with Gasteiger partial charge in [0.25, 0.3) is 5.91 Å². The first-order valence-corrected chi connectivity index (χ1v) is 9.28. The summed E-state index contributed by atoms with van der Waals surface area (Å²) in [6, 6.07) is 6.36. The number of likely N-dealkylation sites (tertiary alicyclic amines) is 2. The van der Waals surface area contributed by atoms with Crippen molar-refractivity contribution in [3.63, 3.8) is 0 Å². The Bertz CT molecular complexity index is 702. The van der Waals surface area contributed by atoms with Crippen molar-refractivity contribution in [3.8, 4) is 0 Å². The van der Waals surface area contributed by atoms with Crippen LogP contribution in [0.2, 0.25) is 0 Å². The molecule has 1 amide bonds. The van der Waals surface area contributed by atoms with Crippen LogP contribution in [0.3, 0.4) is 0 Å². The highest BCUT2D eigenvalue weighted by molar-refractivity contribution is 5.93. The summed E-state index contributed by atoms with van der Waals surface area (Å²) in [5.74, 6) is 0.119. The number of hydrogen-bond donors (Lipinski definition) is 0. The van der Waals surface area contributed by atoms with Crippen molar-refractivity contribution in [2.75, 3.05) is 26.2 Å². The largest absolute Gasteiger partial charge is 0.336 e. The topological polar surface area (TPSA) is 40.9 Å². The second-order valence-electron chi connectivity index (χ2n) is 7.07. The minimum Gasteiger partial charge on any atom is -0.336 e. The van der Waals surface area contributed by atoms with Gasteiger partial charge < -0.3 is 4.90 Å². The van der Waals surface area contributed by atoms with Gasteiger partial charge in [0.05, 0.1) is 6.20 Å². The van der Waals surface area contributed by atoms with Crippen LogP contribution in [0, 0.1) is 0 Å². The Kier molecular flexibility index (Phi) is 4.52. The molecule has 5 nitrogen and oxygen atoms in total. The van der Waals surface area contributed by atoms with Crippen molar-refractivity contribution in [2.24, 2.45) is 0 Å². The average Bonchev–Trinajstić information content (AvgIpc) is 2.87. The van der Waals surface area contributed by atoms with Gasteiger partial charge in [-0.15, -0.1) is 0 Å². The monoisotopic (exact) mass is 326 g/mol. The van der Waals surface area contributed by atoms with Crippen LogP contribution in [0.5, 0.6) is 0 Å². The second-order valence-corrected chi connectivity index (χ2v) is 7.07. The van der Waals surface area contributed by atoms with E-state index in [1.54, 1.807) is 6.20 Å². The van der Waals surface area contributed by atoms with E-state index in [0.29, 0.717) is 11.7 Å². The van der Waals surface area contributed by atoms with E-state index in [9.17, 15) is 4.79 Å². The Morgan fingerprint density at radius 3 is 2.71 bits per heavy atom. The molecule has 1 atom stereocenters. The van der Waals surface area contributed by atoms with E-state index in [2.05, 4.69) is 9.88 Å². The quantitative estimate of drug-likeness (QED) is 0.852. The molecule has 2 saturated heterocycles. The molecule has 0 aromatic carbocycles. The van der Waals surface area contributed by atoms with Crippen LogP contribution in [0.1, 0.15) is 49.0 Å². The van der Waals surface area contributed by atoms with Gasteiger partial charge in [0.2, 0.25) is 0 Å². The molecule has 0 aliphatic carbocycles. The van der Waals surface area contributed by atoms with Crippen molar-refractivity contribution in [2.45, 2.75) is 44.6 Å². The van der Waals surface area contributed by atoms with Crippen LogP contribution in [0.4, 0.5) is 0 Å². The highest BCUT2D eigenvalue weighted by atomic mass is 16.2. The number of carbonyl (C=O) groups excluding carboxylic acids is 1. The van der Waals surface area contributed by atoms with Crippen LogP contribution in [0.15, 0.2) is 30.6 Å². The van der Waals surface area contributed by atoms with Crippen molar-refractivity contribution >= 4 is 11.6 Å². The average molecular weight is 326 g/mol. The minimum atomic E-state index is 0.119. The highest BCUT2D eigenvalue weighted by Crippen LogP contribution is 2.21. The number of hydrogen-bond acceptors (Lipinski definition) is 3. The van der Waals surface area contributed by atoms with E-state index in [1.807, 2.05) is 33.7 Å². The van der Waals surface area contributed by atoms with Gasteiger partial charge in [0.15, 0.2) is 0 Å². The first-order valence-electron chi connectivity index (χ1n) is 9.28. The number of imidazole rings is 1. The lowest BCUT2D eigenvalue weighted by atomic mass is 10.0. The van der Waals surface area contributed by atoms with Crippen LogP contribution >= 0.6 is 0 Å². The molecule has 2 aromatic rings. The van der Waals surface area contributed by atoms with E-state index in [1.165, 1.54) is 45.2 Å². The molecule has 2 fully saturated rings. The summed E-state index contributed by atoms with van der Waals surface area (Å²) < 4.78 is 1.90. The lowest BCUT2D eigenvalue weighted by Crippen LogP contribution is -2.50. The molecule has 4 heterocycles. The van der Waals surface area contributed by atoms with Crippen molar-refractivity contribution in [1.82, 2.24) is 19.2 Å². The number of aromatic nitrogens is 2. The molecular formula is C19H26N4O. The van der Waals surface area contributed by atoms with E-state index in [4.69, 9.17) is 0 Å². The van der Waals surface area contributed by atoms with Gasteiger partial charge >= 0.3 is 0 Å². The number of piperidine rings is 1. The molecule has 0 N–H and O–H groups in total. The molecule has 2 aromatic heterocycles. The van der Waals surface area contributed by atoms with Gasteiger partial charge in [-0.3, -0.25) is 14.1 Å². The Labute approximate surface area is 143 Å². The Balaban J connectivity index is 1.50. The van der Waals surface area contributed by atoms with Gasteiger partial charge in [0.1, 0.15) is 11.3 Å². The Morgan fingerprint density at radius 1 is 1.04 bits per heavy atom. The molecule has 24 heavy (non-hydrogen) atoms. The summed E-state index contributed by atoms with van der Waals surface area (Å²) in [4.78, 5) is 22.0. The number of carbonyl (C=O) groups is 1. The molecule has 0 saturated carbocycles. The molecular weight excluding hydrogens is 300 g/mol. The number of amides is 1. The Morgan fingerprint density at radius 2 is 1.88 bits per heavy atom. The maximum absolute atomic E-state index is 13.0. The van der Waals surface area contributed by atoms with Crippen molar-refractivity contribution in [3.05, 3.63) is 36.3 Å². The summed E-state index contributed by atoms with van der Waals surface area (Å²) in [6.45, 7) is 4.12. The third-order valence-electron chi connectivity index (χ3n) is 5.48. The molecule has 1 unspecified atom stereocenters. The molecule has 2 aliphatic heterocycles. The maximum Gasteiger partial charge on any atom is 0.272 e. The molecule has 128 valence electrons. The second kappa shape index (κ2) is 6.93. The zero-order chi connectivity index (χ0) is 16.4. The van der Waals surface area contributed by atoms with E-state index >= 15 is 0 Å². The number of fused-ring (bicyclic) bond motifs is 1. The normalized spacial score (nSPS) is 23.3. The van der Waals surface area contributed by atoms with Crippen LogP contribution in [-0.2, 0) is 0 Å². The molecule has 0 spiro atoms. The van der Waals surface area contributed by atoms with Gasteiger partial charge in [-0.25, -0.2) is 4.98 Å². The maximum atomic E-state index is 13.0. The third-order valence-corrected chi connectivity index (χ3v) is 5.48. The molecule has 0 radical (unpaired) electrons. The fourth-order valence-corrected chi connectivity index (χ4v) is 4.15. The summed E-state index contributed by atoms with van der Waals surface area (Å²) in [5.41, 5.74) is 1.52. The lowest BCUT2D eigenvalue weighted by molar-refractivity contribution is 0.0572. The molecule has 4 rings (SSSR count). The summed E-state index contributed by atoms with van der Waals surface area (Å²) in [7, 11) is 0. The molecule has 2 aliphatic rings. The van der Waals surface area contributed by atoms with E-state index < -0.39 is 0 Å². The standard InChI is InChI=1S/C19H26N4O/c24-19(17-14-20-18-9-3-6-13-23(17)18)22-12-7-8-16(15-22)21-10-4-1-2-5-11-21/h3,6,9,13-14,16H,1-2,4-5,7-8,10-12,15H2. The Hall–Kier alpha value is -1.88. The fourth-order valence-electron chi connectivity index (χ4n) is 4.15. The SMILES string of the molecule is O=C(c1cnc2ccccn12)N1CCCC(N2CCCCCC2)C1.